The molecule has 0 aliphatic rings. The van der Waals surface area contributed by atoms with E-state index in [1.54, 1.807) is 6.92 Å². The highest BCUT2D eigenvalue weighted by Crippen LogP contribution is 2.29. The van der Waals surface area contributed by atoms with Gasteiger partial charge in [-0.25, -0.2) is 0 Å². The molecule has 4 nitrogen and oxygen atoms in total. The lowest BCUT2D eigenvalue weighted by atomic mass is 9.97. The molecule has 2 rings (SSSR count). The Morgan fingerprint density at radius 3 is 2.43 bits per heavy atom. The van der Waals surface area contributed by atoms with Gasteiger partial charge in [-0.2, -0.15) is 0 Å². The van der Waals surface area contributed by atoms with Gasteiger partial charge < -0.3 is 9.67 Å². The van der Waals surface area contributed by atoms with E-state index in [0.29, 0.717) is 12.2 Å². The second-order valence-electron chi connectivity index (χ2n) is 5.26. The third-order valence-electron chi connectivity index (χ3n) is 3.97. The zero-order chi connectivity index (χ0) is 15.6. The number of aldehydes is 1. The largest absolute Gasteiger partial charge is 0.481 e. The first-order chi connectivity index (χ1) is 9.97. The van der Waals surface area contributed by atoms with E-state index in [9.17, 15) is 14.7 Å². The molecule has 0 bridgehead atoms. The Labute approximate surface area is 124 Å². The van der Waals surface area contributed by atoms with Gasteiger partial charge in [-0.3, -0.25) is 9.59 Å². The van der Waals surface area contributed by atoms with E-state index in [4.69, 9.17) is 0 Å². The van der Waals surface area contributed by atoms with Gasteiger partial charge in [-0.05, 0) is 37.5 Å². The molecule has 1 heterocycles. The van der Waals surface area contributed by atoms with E-state index >= 15 is 0 Å². The third-order valence-corrected chi connectivity index (χ3v) is 3.97. The first-order valence-electron chi connectivity index (χ1n) is 6.88. The van der Waals surface area contributed by atoms with Gasteiger partial charge in [0.15, 0.2) is 6.29 Å². The van der Waals surface area contributed by atoms with Gasteiger partial charge in [0.05, 0.1) is 11.6 Å². The van der Waals surface area contributed by atoms with Crippen molar-refractivity contribution in [1.82, 2.24) is 4.57 Å². The number of carbonyl (C=O) groups is 2. The molecule has 0 aliphatic heterocycles. The maximum atomic E-state index is 11.4. The van der Waals surface area contributed by atoms with Crippen LogP contribution in [-0.2, 0) is 11.3 Å². The molecule has 0 spiro atoms. The molecule has 110 valence electrons. The number of aromatic nitrogens is 1. The Bertz CT molecular complexity index is 671. The molecule has 0 amide bonds. The van der Waals surface area contributed by atoms with Crippen LogP contribution in [0.2, 0.25) is 0 Å². The van der Waals surface area contributed by atoms with Gasteiger partial charge in [0, 0.05) is 12.2 Å². The van der Waals surface area contributed by atoms with E-state index in [1.807, 2.05) is 48.7 Å². The van der Waals surface area contributed by atoms with Crippen LogP contribution < -0.4 is 0 Å². The number of aliphatic carboxylic acids is 1. The van der Waals surface area contributed by atoms with Crippen LogP contribution in [0.15, 0.2) is 30.3 Å². The molecule has 21 heavy (non-hydrogen) atoms. The van der Waals surface area contributed by atoms with Gasteiger partial charge >= 0.3 is 5.97 Å². The molecule has 4 heteroatoms. The Morgan fingerprint density at radius 1 is 1.29 bits per heavy atom. The molecule has 0 fully saturated rings. The van der Waals surface area contributed by atoms with Crippen LogP contribution >= 0.6 is 0 Å². The monoisotopic (exact) mass is 285 g/mol. The summed E-state index contributed by atoms with van der Waals surface area (Å²) in [5.74, 6) is -1.50. The fourth-order valence-electron chi connectivity index (χ4n) is 2.82. The molecule has 1 atom stereocenters. The van der Waals surface area contributed by atoms with Gasteiger partial charge in [0.25, 0.3) is 0 Å². The van der Waals surface area contributed by atoms with Crippen LogP contribution in [-0.4, -0.2) is 21.9 Å². The van der Waals surface area contributed by atoms with Gasteiger partial charge in [0.1, 0.15) is 0 Å². The lowest BCUT2D eigenvalue weighted by Gasteiger charge is -2.11. The zero-order valence-corrected chi connectivity index (χ0v) is 12.5. The van der Waals surface area contributed by atoms with Crippen LogP contribution in [0.25, 0.3) is 0 Å². The summed E-state index contributed by atoms with van der Waals surface area (Å²) in [4.78, 5) is 22.7. The molecule has 0 saturated heterocycles. The summed E-state index contributed by atoms with van der Waals surface area (Å²) in [6.45, 7) is 5.90. The number of carboxylic acids is 1. The van der Waals surface area contributed by atoms with Crippen molar-refractivity contribution in [2.75, 3.05) is 0 Å². The number of carbonyl (C=O) groups excluding carboxylic acids is 1. The van der Waals surface area contributed by atoms with Crippen LogP contribution in [0.4, 0.5) is 0 Å². The zero-order valence-electron chi connectivity index (χ0n) is 12.5. The van der Waals surface area contributed by atoms with Crippen molar-refractivity contribution in [3.63, 3.8) is 0 Å². The molecule has 2 aromatic rings. The Hall–Kier alpha value is -2.36. The van der Waals surface area contributed by atoms with E-state index in [0.717, 1.165) is 28.7 Å². The van der Waals surface area contributed by atoms with Crippen molar-refractivity contribution < 1.29 is 14.7 Å². The van der Waals surface area contributed by atoms with Crippen LogP contribution in [0.3, 0.4) is 0 Å². The van der Waals surface area contributed by atoms with Crippen LogP contribution in [0.1, 0.15) is 45.7 Å². The summed E-state index contributed by atoms with van der Waals surface area (Å²) in [7, 11) is 0. The Kier molecular flexibility index (Phi) is 4.26. The Morgan fingerprint density at radius 2 is 1.90 bits per heavy atom. The average molecular weight is 285 g/mol. The van der Waals surface area contributed by atoms with Gasteiger partial charge in [0.2, 0.25) is 0 Å². The summed E-state index contributed by atoms with van der Waals surface area (Å²) in [5, 5.41) is 9.25. The predicted octanol–water partition coefficient (Wildman–Crippen LogP) is 3.15. The molecular formula is C17H19NO3. The first kappa shape index (κ1) is 15.0. The standard InChI is InChI=1S/C17H19NO3/c1-11-15(10-19)18(9-14-7-5-4-6-8-14)13(3)16(11)12(2)17(20)21/h4-8,10,12H,9H2,1-3H3,(H,20,21). The number of carboxylic acid groups (broad SMARTS) is 1. The minimum atomic E-state index is -0.879. The summed E-state index contributed by atoms with van der Waals surface area (Å²) < 4.78 is 1.90. The van der Waals surface area contributed by atoms with E-state index in [-0.39, 0.29) is 0 Å². The summed E-state index contributed by atoms with van der Waals surface area (Å²) in [6.07, 6.45) is 0.809. The van der Waals surface area contributed by atoms with E-state index < -0.39 is 11.9 Å². The second-order valence-corrected chi connectivity index (χ2v) is 5.26. The fraction of sp³-hybridized carbons (Fsp3) is 0.294. The van der Waals surface area contributed by atoms with Crippen molar-refractivity contribution in [2.24, 2.45) is 0 Å². The molecule has 0 saturated carbocycles. The topological polar surface area (TPSA) is 59.3 Å². The van der Waals surface area contributed by atoms with Crippen molar-refractivity contribution in [2.45, 2.75) is 33.2 Å². The number of hydrogen-bond donors (Lipinski definition) is 1. The first-order valence-corrected chi connectivity index (χ1v) is 6.88. The average Bonchev–Trinajstić information content (AvgIpc) is 2.70. The molecule has 0 aliphatic carbocycles. The molecule has 0 radical (unpaired) electrons. The van der Waals surface area contributed by atoms with Gasteiger partial charge in [-0.15, -0.1) is 0 Å². The van der Waals surface area contributed by atoms with Crippen molar-refractivity contribution in [3.05, 3.63) is 58.4 Å². The maximum absolute atomic E-state index is 11.4. The predicted molar refractivity (Wildman–Crippen MR) is 80.9 cm³/mol. The quantitative estimate of drug-likeness (QED) is 0.858. The summed E-state index contributed by atoms with van der Waals surface area (Å²) in [5.41, 5.74) is 3.97. The number of hydrogen-bond acceptors (Lipinski definition) is 2. The minimum absolute atomic E-state index is 0.555. The van der Waals surface area contributed by atoms with Crippen molar-refractivity contribution >= 4 is 12.3 Å². The summed E-state index contributed by atoms with van der Waals surface area (Å²) >= 11 is 0. The maximum Gasteiger partial charge on any atom is 0.310 e. The van der Waals surface area contributed by atoms with Crippen molar-refractivity contribution in [3.8, 4) is 0 Å². The lowest BCUT2D eigenvalue weighted by molar-refractivity contribution is -0.138. The molecule has 1 aromatic heterocycles. The highest BCUT2D eigenvalue weighted by Gasteiger charge is 2.25. The molecule has 1 N–H and O–H groups in total. The number of benzene rings is 1. The molecular weight excluding hydrogens is 266 g/mol. The normalized spacial score (nSPS) is 12.1. The molecule has 1 unspecified atom stereocenters. The highest BCUT2D eigenvalue weighted by molar-refractivity contribution is 5.81. The minimum Gasteiger partial charge on any atom is -0.481 e. The van der Waals surface area contributed by atoms with Crippen LogP contribution in [0, 0.1) is 13.8 Å². The lowest BCUT2D eigenvalue weighted by Crippen LogP contribution is -2.10. The third kappa shape index (κ3) is 2.75. The van der Waals surface area contributed by atoms with Gasteiger partial charge in [-0.1, -0.05) is 30.3 Å². The summed E-state index contributed by atoms with van der Waals surface area (Å²) in [6, 6.07) is 9.81. The smallest absolute Gasteiger partial charge is 0.310 e. The SMILES string of the molecule is Cc1c(C(C)C(=O)O)c(C)n(Cc2ccccc2)c1C=O. The highest BCUT2D eigenvalue weighted by atomic mass is 16.4. The van der Waals surface area contributed by atoms with Crippen molar-refractivity contribution in [1.29, 1.82) is 0 Å². The molecule has 1 aromatic carbocycles. The number of rotatable bonds is 5. The number of nitrogens with zero attached hydrogens (tertiary/aromatic N) is 1. The second kappa shape index (κ2) is 5.95. The van der Waals surface area contributed by atoms with E-state index in [1.165, 1.54) is 0 Å². The van der Waals surface area contributed by atoms with Crippen LogP contribution in [0.5, 0.6) is 0 Å². The fourth-order valence-corrected chi connectivity index (χ4v) is 2.82. The Balaban J connectivity index is 2.53. The van der Waals surface area contributed by atoms with E-state index in [2.05, 4.69) is 0 Å².